The molecule has 0 saturated heterocycles. The van der Waals surface area contributed by atoms with Crippen molar-refractivity contribution in [1.29, 1.82) is 0 Å². The first-order chi connectivity index (χ1) is 14.7. The van der Waals surface area contributed by atoms with E-state index in [9.17, 15) is 9.59 Å². The van der Waals surface area contributed by atoms with Crippen molar-refractivity contribution in [3.63, 3.8) is 0 Å². The third kappa shape index (κ3) is 4.47. The zero-order valence-corrected chi connectivity index (χ0v) is 16.8. The molecular formula is C23H18N4O2S. The zero-order valence-electron chi connectivity index (χ0n) is 15.9. The smallest absolute Gasteiger partial charge is 0.257 e. The van der Waals surface area contributed by atoms with Crippen molar-refractivity contribution >= 4 is 23.6 Å². The van der Waals surface area contributed by atoms with Gasteiger partial charge in [0.1, 0.15) is 0 Å². The highest BCUT2D eigenvalue weighted by Gasteiger charge is 2.18. The van der Waals surface area contributed by atoms with Gasteiger partial charge in [0.05, 0.1) is 5.75 Å². The van der Waals surface area contributed by atoms with Crippen LogP contribution in [0, 0.1) is 0 Å². The van der Waals surface area contributed by atoms with Crippen LogP contribution >= 0.6 is 11.8 Å². The van der Waals surface area contributed by atoms with Gasteiger partial charge in [0, 0.05) is 16.8 Å². The molecule has 3 aromatic carbocycles. The molecule has 1 N–H and O–H groups in total. The molecule has 0 fully saturated rings. The van der Waals surface area contributed by atoms with Crippen LogP contribution < -0.4 is 5.32 Å². The number of imide groups is 1. The summed E-state index contributed by atoms with van der Waals surface area (Å²) in [4.78, 5) is 24.5. The fraction of sp³-hybridized carbons (Fsp3) is 0.0435. The number of thioether (sulfide) groups is 1. The number of nitrogens with one attached hydrogen (secondary N) is 1. The van der Waals surface area contributed by atoms with Crippen LogP contribution in [0.15, 0.2) is 96.2 Å². The first kappa shape index (κ1) is 19.6. The molecule has 4 rings (SSSR count). The van der Waals surface area contributed by atoms with Crippen LogP contribution in [0.5, 0.6) is 0 Å². The number of carbonyl (C=O) groups excluding carboxylic acids is 2. The van der Waals surface area contributed by atoms with Crippen LogP contribution in [-0.2, 0) is 4.79 Å². The second-order valence-electron chi connectivity index (χ2n) is 6.38. The first-order valence-corrected chi connectivity index (χ1v) is 10.3. The minimum absolute atomic E-state index is 0.0400. The van der Waals surface area contributed by atoms with Crippen molar-refractivity contribution < 1.29 is 9.59 Å². The van der Waals surface area contributed by atoms with E-state index in [1.165, 1.54) is 11.8 Å². The molecule has 0 aliphatic heterocycles. The molecule has 0 saturated carbocycles. The SMILES string of the molecule is O=C(CSc1nnc(-c2ccccc2)n1-c1ccccc1)NC(=O)c1ccccc1. The zero-order chi connectivity index (χ0) is 20.8. The molecule has 0 bridgehead atoms. The quantitative estimate of drug-likeness (QED) is 0.483. The van der Waals surface area contributed by atoms with Crippen LogP contribution in [0.25, 0.3) is 17.1 Å². The number of carbonyl (C=O) groups is 2. The molecule has 30 heavy (non-hydrogen) atoms. The van der Waals surface area contributed by atoms with E-state index in [-0.39, 0.29) is 5.75 Å². The Bertz CT molecular complexity index is 1150. The maximum atomic E-state index is 12.3. The molecule has 0 aliphatic rings. The van der Waals surface area contributed by atoms with Gasteiger partial charge in [-0.3, -0.25) is 19.5 Å². The van der Waals surface area contributed by atoms with E-state index in [0.29, 0.717) is 16.5 Å². The fourth-order valence-electron chi connectivity index (χ4n) is 2.90. The van der Waals surface area contributed by atoms with Gasteiger partial charge in [-0.2, -0.15) is 0 Å². The Morgan fingerprint density at radius 2 is 1.40 bits per heavy atom. The topological polar surface area (TPSA) is 76.9 Å². The van der Waals surface area contributed by atoms with E-state index in [2.05, 4.69) is 15.5 Å². The Kier molecular flexibility index (Phi) is 6.01. The summed E-state index contributed by atoms with van der Waals surface area (Å²) >= 11 is 1.23. The Labute approximate surface area is 178 Å². The summed E-state index contributed by atoms with van der Waals surface area (Å²) in [6.07, 6.45) is 0. The molecule has 1 heterocycles. The molecule has 0 aliphatic carbocycles. The fourth-order valence-corrected chi connectivity index (χ4v) is 3.65. The number of aromatic nitrogens is 3. The second kappa shape index (κ2) is 9.19. The van der Waals surface area contributed by atoms with Crippen LogP contribution in [0.1, 0.15) is 10.4 Å². The van der Waals surface area contributed by atoms with Crippen LogP contribution in [0.2, 0.25) is 0 Å². The van der Waals surface area contributed by atoms with Gasteiger partial charge in [-0.05, 0) is 24.3 Å². The molecule has 0 radical (unpaired) electrons. The largest absolute Gasteiger partial charge is 0.292 e. The van der Waals surface area contributed by atoms with Gasteiger partial charge in [0.2, 0.25) is 5.91 Å². The summed E-state index contributed by atoms with van der Waals surface area (Å²) < 4.78 is 1.91. The average molecular weight is 414 g/mol. The number of nitrogens with zero attached hydrogens (tertiary/aromatic N) is 3. The summed E-state index contributed by atoms with van der Waals surface area (Å²) in [6.45, 7) is 0. The number of hydrogen-bond acceptors (Lipinski definition) is 5. The maximum Gasteiger partial charge on any atom is 0.257 e. The maximum absolute atomic E-state index is 12.3. The van der Waals surface area contributed by atoms with Crippen LogP contribution in [-0.4, -0.2) is 32.3 Å². The van der Waals surface area contributed by atoms with E-state index in [1.54, 1.807) is 24.3 Å². The van der Waals surface area contributed by atoms with E-state index >= 15 is 0 Å². The number of hydrogen-bond donors (Lipinski definition) is 1. The van der Waals surface area contributed by atoms with Gasteiger partial charge in [-0.25, -0.2) is 0 Å². The van der Waals surface area contributed by atoms with Gasteiger partial charge in [-0.1, -0.05) is 78.5 Å². The predicted octanol–water partition coefficient (Wildman–Crippen LogP) is 3.98. The van der Waals surface area contributed by atoms with E-state index in [0.717, 1.165) is 11.3 Å². The Morgan fingerprint density at radius 3 is 2.07 bits per heavy atom. The van der Waals surface area contributed by atoms with Crippen molar-refractivity contribution in [2.45, 2.75) is 5.16 Å². The second-order valence-corrected chi connectivity index (χ2v) is 7.32. The average Bonchev–Trinajstić information content (AvgIpc) is 3.23. The lowest BCUT2D eigenvalue weighted by atomic mass is 10.2. The number of para-hydroxylation sites is 1. The normalized spacial score (nSPS) is 10.5. The summed E-state index contributed by atoms with van der Waals surface area (Å²) in [6, 6.07) is 28.1. The number of rotatable bonds is 6. The van der Waals surface area contributed by atoms with Crippen LogP contribution in [0.4, 0.5) is 0 Å². The molecule has 0 atom stereocenters. The van der Waals surface area contributed by atoms with Gasteiger partial charge >= 0.3 is 0 Å². The predicted molar refractivity (Wildman–Crippen MR) is 116 cm³/mol. The van der Waals surface area contributed by atoms with Gasteiger partial charge in [0.15, 0.2) is 11.0 Å². The van der Waals surface area contributed by atoms with E-state index in [1.807, 2.05) is 71.3 Å². The van der Waals surface area contributed by atoms with Crippen molar-refractivity contribution in [2.75, 3.05) is 5.75 Å². The molecule has 1 aromatic heterocycles. The minimum Gasteiger partial charge on any atom is -0.292 e. The summed E-state index contributed by atoms with van der Waals surface area (Å²) in [5.41, 5.74) is 2.25. The summed E-state index contributed by atoms with van der Waals surface area (Å²) in [5, 5.41) is 11.6. The van der Waals surface area contributed by atoms with Crippen LogP contribution in [0.3, 0.4) is 0 Å². The summed E-state index contributed by atoms with van der Waals surface area (Å²) in [5.74, 6) is -0.0864. The Morgan fingerprint density at radius 1 is 0.800 bits per heavy atom. The van der Waals surface area contributed by atoms with Crippen molar-refractivity contribution in [3.8, 4) is 17.1 Å². The highest BCUT2D eigenvalue weighted by atomic mass is 32.2. The minimum atomic E-state index is -0.421. The third-order valence-electron chi connectivity index (χ3n) is 4.30. The van der Waals surface area contributed by atoms with Gasteiger partial charge < -0.3 is 0 Å². The highest BCUT2D eigenvalue weighted by Crippen LogP contribution is 2.27. The van der Waals surface area contributed by atoms with Gasteiger partial charge in [0.25, 0.3) is 5.91 Å². The standard InChI is InChI=1S/C23H18N4O2S/c28-20(24-22(29)18-12-6-2-7-13-18)16-30-23-26-25-21(17-10-4-1-5-11-17)27(23)19-14-8-3-9-15-19/h1-15H,16H2,(H,24,28,29). The van der Waals surface area contributed by atoms with Crippen molar-refractivity contribution in [1.82, 2.24) is 20.1 Å². The Hall–Kier alpha value is -3.71. The third-order valence-corrected chi connectivity index (χ3v) is 5.23. The molecule has 6 nitrogen and oxygen atoms in total. The lowest BCUT2D eigenvalue weighted by molar-refractivity contribution is -0.117. The molecule has 148 valence electrons. The monoisotopic (exact) mass is 414 g/mol. The number of amides is 2. The van der Waals surface area contributed by atoms with Crippen molar-refractivity contribution in [3.05, 3.63) is 96.6 Å². The molecule has 2 amide bonds. The first-order valence-electron chi connectivity index (χ1n) is 9.30. The molecule has 4 aromatic rings. The Balaban J connectivity index is 1.54. The van der Waals surface area contributed by atoms with E-state index < -0.39 is 11.8 Å². The summed E-state index contributed by atoms with van der Waals surface area (Å²) in [7, 11) is 0. The molecule has 0 spiro atoms. The molecular weight excluding hydrogens is 396 g/mol. The number of benzene rings is 3. The van der Waals surface area contributed by atoms with E-state index in [4.69, 9.17) is 0 Å². The highest BCUT2D eigenvalue weighted by molar-refractivity contribution is 7.99. The van der Waals surface area contributed by atoms with Gasteiger partial charge in [-0.15, -0.1) is 10.2 Å². The lowest BCUT2D eigenvalue weighted by Gasteiger charge is -2.10. The molecule has 0 unspecified atom stereocenters. The molecule has 7 heteroatoms. The van der Waals surface area contributed by atoms with Crippen molar-refractivity contribution in [2.24, 2.45) is 0 Å². The lowest BCUT2D eigenvalue weighted by Crippen LogP contribution is -2.31.